The van der Waals surface area contributed by atoms with E-state index in [4.69, 9.17) is 5.73 Å². The van der Waals surface area contributed by atoms with Crippen LogP contribution in [0.3, 0.4) is 0 Å². The Balaban J connectivity index is 2.33. The number of halogens is 2. The third-order valence-corrected chi connectivity index (χ3v) is 4.20. The summed E-state index contributed by atoms with van der Waals surface area (Å²) >= 11 is 6.98. The van der Waals surface area contributed by atoms with Crippen LogP contribution in [0.2, 0.25) is 0 Å². The molecule has 5 heteroatoms. The first-order valence-corrected chi connectivity index (χ1v) is 7.63. The van der Waals surface area contributed by atoms with E-state index in [2.05, 4.69) is 41.8 Å². The second-order valence-corrected chi connectivity index (χ2v) is 6.30. The molecule has 20 heavy (non-hydrogen) atoms. The number of aromatic nitrogens is 2. The molecule has 2 aromatic carbocycles. The van der Waals surface area contributed by atoms with Gasteiger partial charge < -0.3 is 5.73 Å². The van der Waals surface area contributed by atoms with Gasteiger partial charge in [-0.2, -0.15) is 0 Å². The Kier molecular flexibility index (Phi) is 3.48. The highest BCUT2D eigenvalue weighted by molar-refractivity contribution is 9.11. The van der Waals surface area contributed by atoms with Crippen molar-refractivity contribution in [2.75, 3.05) is 5.73 Å². The summed E-state index contributed by atoms with van der Waals surface area (Å²) < 4.78 is 1.83. The molecule has 2 N–H and O–H groups in total. The average Bonchev–Trinajstić information content (AvgIpc) is 2.40. The second kappa shape index (κ2) is 5.14. The van der Waals surface area contributed by atoms with Crippen LogP contribution in [0.4, 0.5) is 5.82 Å². The summed E-state index contributed by atoms with van der Waals surface area (Å²) in [6.07, 6.45) is 0. The molecule has 0 saturated heterocycles. The Hall–Kier alpha value is -1.46. The Morgan fingerprint density at radius 1 is 1.05 bits per heavy atom. The fraction of sp³-hybridized carbons (Fsp3) is 0.0667. The largest absolute Gasteiger partial charge is 0.383 e. The zero-order valence-corrected chi connectivity index (χ0v) is 13.9. The molecule has 0 spiro atoms. The maximum atomic E-state index is 6.09. The zero-order chi connectivity index (χ0) is 14.3. The maximum absolute atomic E-state index is 6.09. The molecule has 0 radical (unpaired) electrons. The lowest BCUT2D eigenvalue weighted by Gasteiger charge is -2.09. The molecule has 3 rings (SSSR count). The molecule has 0 bridgehead atoms. The average molecular weight is 393 g/mol. The van der Waals surface area contributed by atoms with Gasteiger partial charge in [-0.1, -0.05) is 40.2 Å². The van der Waals surface area contributed by atoms with E-state index in [-0.39, 0.29) is 0 Å². The number of nitrogens with two attached hydrogens (primary N) is 1. The van der Waals surface area contributed by atoms with Gasteiger partial charge in [-0.3, -0.25) is 0 Å². The number of nitrogen functional groups attached to an aromatic ring is 1. The van der Waals surface area contributed by atoms with Crippen LogP contribution in [0.15, 0.2) is 45.3 Å². The highest BCUT2D eigenvalue weighted by atomic mass is 79.9. The number of rotatable bonds is 1. The van der Waals surface area contributed by atoms with Crippen molar-refractivity contribution in [1.29, 1.82) is 0 Å². The Bertz CT molecular complexity index is 816. The van der Waals surface area contributed by atoms with Crippen molar-refractivity contribution in [3.8, 4) is 11.4 Å². The van der Waals surface area contributed by atoms with Gasteiger partial charge in [0.25, 0.3) is 0 Å². The SMILES string of the molecule is Cc1ccccc1-c1nc(N)c2cc(Br)cc(Br)c2n1. The standard InChI is InChI=1S/C15H11Br2N3/c1-8-4-2-3-5-10(8)15-19-13-11(14(18)20-15)6-9(16)7-12(13)17/h2-7H,1H3,(H2,18,19,20). The first-order valence-electron chi connectivity index (χ1n) is 6.04. The molecule has 0 aliphatic rings. The van der Waals surface area contributed by atoms with E-state index < -0.39 is 0 Å². The molecule has 0 amide bonds. The molecular weight excluding hydrogens is 382 g/mol. The number of benzene rings is 2. The molecule has 0 saturated carbocycles. The van der Waals surface area contributed by atoms with Crippen LogP contribution in [0.5, 0.6) is 0 Å². The number of hydrogen-bond donors (Lipinski definition) is 1. The van der Waals surface area contributed by atoms with E-state index in [0.717, 1.165) is 31.0 Å². The van der Waals surface area contributed by atoms with Crippen LogP contribution >= 0.6 is 31.9 Å². The lowest BCUT2D eigenvalue weighted by molar-refractivity contribution is 1.22. The highest BCUT2D eigenvalue weighted by Gasteiger charge is 2.11. The van der Waals surface area contributed by atoms with Gasteiger partial charge in [-0.15, -0.1) is 0 Å². The fourth-order valence-corrected chi connectivity index (χ4v) is 3.44. The predicted molar refractivity (Wildman–Crippen MR) is 89.5 cm³/mol. The maximum Gasteiger partial charge on any atom is 0.162 e. The number of aryl methyl sites for hydroxylation is 1. The van der Waals surface area contributed by atoms with Gasteiger partial charge in [0.15, 0.2) is 5.82 Å². The first kappa shape index (κ1) is 13.5. The van der Waals surface area contributed by atoms with Crippen molar-refractivity contribution in [2.45, 2.75) is 6.92 Å². The van der Waals surface area contributed by atoms with Crippen molar-refractivity contribution >= 4 is 48.6 Å². The summed E-state index contributed by atoms with van der Waals surface area (Å²) in [5, 5.41) is 0.837. The molecule has 0 unspecified atom stereocenters. The van der Waals surface area contributed by atoms with Crippen molar-refractivity contribution in [2.24, 2.45) is 0 Å². The molecule has 3 aromatic rings. The van der Waals surface area contributed by atoms with E-state index in [1.54, 1.807) is 0 Å². The molecule has 1 aromatic heterocycles. The van der Waals surface area contributed by atoms with Crippen molar-refractivity contribution in [3.63, 3.8) is 0 Å². The molecule has 1 heterocycles. The van der Waals surface area contributed by atoms with Crippen LogP contribution < -0.4 is 5.73 Å². The summed E-state index contributed by atoms with van der Waals surface area (Å²) in [6.45, 7) is 2.04. The van der Waals surface area contributed by atoms with Gasteiger partial charge in [0.1, 0.15) is 5.82 Å². The van der Waals surface area contributed by atoms with E-state index in [0.29, 0.717) is 11.6 Å². The van der Waals surface area contributed by atoms with E-state index in [1.807, 2.05) is 43.3 Å². The molecule has 0 fully saturated rings. The molecule has 3 nitrogen and oxygen atoms in total. The minimum absolute atomic E-state index is 0.482. The Morgan fingerprint density at radius 2 is 1.80 bits per heavy atom. The topological polar surface area (TPSA) is 51.8 Å². The van der Waals surface area contributed by atoms with Gasteiger partial charge >= 0.3 is 0 Å². The summed E-state index contributed by atoms with van der Waals surface area (Å²) in [5.41, 5.74) is 9.03. The minimum atomic E-state index is 0.482. The molecule has 0 aliphatic carbocycles. The van der Waals surface area contributed by atoms with E-state index in [9.17, 15) is 0 Å². The first-order chi connectivity index (χ1) is 9.56. The predicted octanol–water partition coefficient (Wildman–Crippen LogP) is 4.71. The third kappa shape index (κ3) is 2.31. The lowest BCUT2D eigenvalue weighted by Crippen LogP contribution is -1.99. The van der Waals surface area contributed by atoms with E-state index >= 15 is 0 Å². The molecule has 0 aliphatic heterocycles. The third-order valence-electron chi connectivity index (χ3n) is 3.13. The van der Waals surface area contributed by atoms with Crippen LogP contribution in [0.1, 0.15) is 5.56 Å². The minimum Gasteiger partial charge on any atom is -0.383 e. The van der Waals surface area contributed by atoms with Crippen molar-refractivity contribution in [3.05, 3.63) is 50.9 Å². The van der Waals surface area contributed by atoms with Gasteiger partial charge in [0, 0.05) is 19.9 Å². The Labute approximate surface area is 133 Å². The van der Waals surface area contributed by atoms with Gasteiger partial charge in [0.2, 0.25) is 0 Å². The second-order valence-electron chi connectivity index (χ2n) is 4.53. The molecule has 0 atom stereocenters. The quantitative estimate of drug-likeness (QED) is 0.652. The van der Waals surface area contributed by atoms with Gasteiger partial charge in [-0.25, -0.2) is 9.97 Å². The van der Waals surface area contributed by atoms with E-state index in [1.165, 1.54) is 0 Å². The smallest absolute Gasteiger partial charge is 0.162 e. The zero-order valence-electron chi connectivity index (χ0n) is 10.7. The fourth-order valence-electron chi connectivity index (χ4n) is 2.12. The lowest BCUT2D eigenvalue weighted by atomic mass is 10.1. The number of nitrogens with zero attached hydrogens (tertiary/aromatic N) is 2. The van der Waals surface area contributed by atoms with Crippen molar-refractivity contribution in [1.82, 2.24) is 9.97 Å². The normalized spacial score (nSPS) is 10.9. The van der Waals surface area contributed by atoms with Crippen LogP contribution in [-0.4, -0.2) is 9.97 Å². The van der Waals surface area contributed by atoms with Crippen LogP contribution in [0.25, 0.3) is 22.3 Å². The molecule has 100 valence electrons. The van der Waals surface area contributed by atoms with Crippen molar-refractivity contribution < 1.29 is 0 Å². The highest BCUT2D eigenvalue weighted by Crippen LogP contribution is 2.32. The summed E-state index contributed by atoms with van der Waals surface area (Å²) in [7, 11) is 0. The van der Waals surface area contributed by atoms with Gasteiger partial charge in [0.05, 0.1) is 5.52 Å². The number of fused-ring (bicyclic) bond motifs is 1. The van der Waals surface area contributed by atoms with Gasteiger partial charge in [-0.05, 0) is 40.5 Å². The van der Waals surface area contributed by atoms with Crippen LogP contribution in [0, 0.1) is 6.92 Å². The molecular formula is C15H11Br2N3. The Morgan fingerprint density at radius 3 is 2.55 bits per heavy atom. The summed E-state index contributed by atoms with van der Waals surface area (Å²) in [4.78, 5) is 9.09. The summed E-state index contributed by atoms with van der Waals surface area (Å²) in [6, 6.07) is 11.9. The number of hydrogen-bond acceptors (Lipinski definition) is 3. The van der Waals surface area contributed by atoms with Crippen LogP contribution in [-0.2, 0) is 0 Å². The number of anilines is 1. The summed E-state index contributed by atoms with van der Waals surface area (Å²) in [5.74, 6) is 1.13. The monoisotopic (exact) mass is 391 g/mol.